The zero-order valence-electron chi connectivity index (χ0n) is 10.3. The third-order valence-corrected chi connectivity index (χ3v) is 3.81. The standard InChI is InChI=1S/C13H15BrN2O3/c14-10-5-2-1-4-9(10)11-8-16(13(19)15-11)7-3-6-12(17)18/h1-2,4-5,11H,3,6-8H2,(H,15,19)(H,17,18). The smallest absolute Gasteiger partial charge is 0.318 e. The molecule has 19 heavy (non-hydrogen) atoms. The second kappa shape index (κ2) is 6.06. The van der Waals surface area contributed by atoms with E-state index in [2.05, 4.69) is 21.2 Å². The number of carboxylic acids is 1. The second-order valence-corrected chi connectivity index (χ2v) is 5.32. The molecule has 5 nitrogen and oxygen atoms in total. The van der Waals surface area contributed by atoms with E-state index in [4.69, 9.17) is 5.11 Å². The van der Waals surface area contributed by atoms with Crippen LogP contribution >= 0.6 is 15.9 Å². The van der Waals surface area contributed by atoms with Crippen molar-refractivity contribution in [3.63, 3.8) is 0 Å². The maximum absolute atomic E-state index is 11.8. The van der Waals surface area contributed by atoms with Gasteiger partial charge in [-0.25, -0.2) is 4.79 Å². The minimum atomic E-state index is -0.832. The van der Waals surface area contributed by atoms with E-state index in [9.17, 15) is 9.59 Å². The Morgan fingerprint density at radius 3 is 2.89 bits per heavy atom. The molecule has 1 saturated heterocycles. The number of carbonyl (C=O) groups is 2. The quantitative estimate of drug-likeness (QED) is 0.872. The number of carboxylic acid groups (broad SMARTS) is 1. The van der Waals surface area contributed by atoms with Gasteiger partial charge >= 0.3 is 12.0 Å². The van der Waals surface area contributed by atoms with Crippen LogP contribution in [0.15, 0.2) is 28.7 Å². The molecule has 1 aliphatic heterocycles. The molecule has 1 fully saturated rings. The van der Waals surface area contributed by atoms with E-state index in [1.165, 1.54) is 0 Å². The van der Waals surface area contributed by atoms with Crippen LogP contribution in [0, 0.1) is 0 Å². The molecule has 0 radical (unpaired) electrons. The lowest BCUT2D eigenvalue weighted by Gasteiger charge is -2.14. The molecular weight excluding hydrogens is 312 g/mol. The Morgan fingerprint density at radius 2 is 2.21 bits per heavy atom. The fourth-order valence-electron chi connectivity index (χ4n) is 2.14. The maximum Gasteiger partial charge on any atom is 0.318 e. The SMILES string of the molecule is O=C(O)CCCN1CC(c2ccccc2Br)NC1=O. The Hall–Kier alpha value is -1.56. The molecule has 1 aliphatic rings. The summed E-state index contributed by atoms with van der Waals surface area (Å²) < 4.78 is 0.965. The third kappa shape index (κ3) is 3.47. The summed E-state index contributed by atoms with van der Waals surface area (Å²) in [5, 5.41) is 11.5. The minimum absolute atomic E-state index is 0.0482. The van der Waals surface area contributed by atoms with Crippen molar-refractivity contribution >= 4 is 27.9 Å². The van der Waals surface area contributed by atoms with E-state index in [0.717, 1.165) is 10.0 Å². The summed E-state index contributed by atoms with van der Waals surface area (Å²) in [5.41, 5.74) is 1.04. The largest absolute Gasteiger partial charge is 0.481 e. The van der Waals surface area contributed by atoms with Crippen LogP contribution in [-0.4, -0.2) is 35.1 Å². The van der Waals surface area contributed by atoms with Gasteiger partial charge in [-0.15, -0.1) is 0 Å². The Kier molecular flexibility index (Phi) is 4.42. The summed E-state index contributed by atoms with van der Waals surface area (Å²) >= 11 is 3.47. The van der Waals surface area contributed by atoms with Crippen LogP contribution < -0.4 is 5.32 Å². The summed E-state index contributed by atoms with van der Waals surface area (Å²) in [5.74, 6) is -0.832. The molecule has 2 N–H and O–H groups in total. The third-order valence-electron chi connectivity index (χ3n) is 3.09. The number of carbonyl (C=O) groups excluding carboxylic acids is 1. The van der Waals surface area contributed by atoms with Gasteiger partial charge in [0.15, 0.2) is 0 Å². The number of aliphatic carboxylic acids is 1. The van der Waals surface area contributed by atoms with Crippen LogP contribution in [0.25, 0.3) is 0 Å². The van der Waals surface area contributed by atoms with Gasteiger partial charge in [-0.1, -0.05) is 34.1 Å². The number of amides is 2. The van der Waals surface area contributed by atoms with Gasteiger partial charge in [0.1, 0.15) is 0 Å². The average Bonchev–Trinajstić information content (AvgIpc) is 2.71. The number of halogens is 1. The average molecular weight is 327 g/mol. The first-order valence-electron chi connectivity index (χ1n) is 6.09. The predicted octanol–water partition coefficient (Wildman–Crippen LogP) is 2.38. The van der Waals surface area contributed by atoms with Crippen LogP contribution in [0.3, 0.4) is 0 Å². The Bertz CT molecular complexity index is 493. The Morgan fingerprint density at radius 1 is 1.47 bits per heavy atom. The first-order valence-corrected chi connectivity index (χ1v) is 6.89. The number of benzene rings is 1. The van der Waals surface area contributed by atoms with Gasteiger partial charge in [0.25, 0.3) is 0 Å². The molecule has 102 valence electrons. The lowest BCUT2D eigenvalue weighted by atomic mass is 10.1. The van der Waals surface area contributed by atoms with Crippen LogP contribution in [-0.2, 0) is 4.79 Å². The molecule has 0 saturated carbocycles. The second-order valence-electron chi connectivity index (χ2n) is 4.47. The van der Waals surface area contributed by atoms with Crippen molar-refractivity contribution in [2.45, 2.75) is 18.9 Å². The van der Waals surface area contributed by atoms with Crippen LogP contribution in [0.1, 0.15) is 24.4 Å². The van der Waals surface area contributed by atoms with E-state index >= 15 is 0 Å². The molecule has 0 bridgehead atoms. The monoisotopic (exact) mass is 326 g/mol. The first kappa shape index (κ1) is 13.9. The topological polar surface area (TPSA) is 69.6 Å². The molecule has 1 unspecified atom stereocenters. The van der Waals surface area contributed by atoms with Crippen molar-refractivity contribution in [2.24, 2.45) is 0 Å². The Balaban J connectivity index is 1.96. The van der Waals surface area contributed by atoms with Crippen molar-refractivity contribution in [3.05, 3.63) is 34.3 Å². The maximum atomic E-state index is 11.8. The summed E-state index contributed by atoms with van der Waals surface area (Å²) in [6.45, 7) is 1.04. The summed E-state index contributed by atoms with van der Waals surface area (Å²) in [4.78, 5) is 23.9. The minimum Gasteiger partial charge on any atom is -0.481 e. The molecule has 0 aliphatic carbocycles. The first-order chi connectivity index (χ1) is 9.08. The summed E-state index contributed by atoms with van der Waals surface area (Å²) in [7, 11) is 0. The van der Waals surface area contributed by atoms with Gasteiger partial charge < -0.3 is 15.3 Å². The summed E-state index contributed by atoms with van der Waals surface area (Å²) in [6.07, 6.45) is 0.564. The normalized spacial score (nSPS) is 18.5. The highest BCUT2D eigenvalue weighted by atomic mass is 79.9. The predicted molar refractivity (Wildman–Crippen MR) is 73.9 cm³/mol. The molecular formula is C13H15BrN2O3. The van der Waals surface area contributed by atoms with E-state index in [-0.39, 0.29) is 18.5 Å². The molecule has 2 amide bonds. The highest BCUT2D eigenvalue weighted by Crippen LogP contribution is 2.27. The molecule has 0 spiro atoms. The lowest BCUT2D eigenvalue weighted by molar-refractivity contribution is -0.137. The van der Waals surface area contributed by atoms with Crippen LogP contribution in [0.5, 0.6) is 0 Å². The van der Waals surface area contributed by atoms with E-state index < -0.39 is 5.97 Å². The van der Waals surface area contributed by atoms with Crippen molar-refractivity contribution in [2.75, 3.05) is 13.1 Å². The van der Waals surface area contributed by atoms with E-state index in [1.807, 2.05) is 24.3 Å². The lowest BCUT2D eigenvalue weighted by Crippen LogP contribution is -2.29. The van der Waals surface area contributed by atoms with Gasteiger partial charge in [-0.3, -0.25) is 4.79 Å². The number of hydrogen-bond acceptors (Lipinski definition) is 2. The zero-order valence-corrected chi connectivity index (χ0v) is 11.9. The highest BCUT2D eigenvalue weighted by Gasteiger charge is 2.30. The molecule has 1 heterocycles. The van der Waals surface area contributed by atoms with E-state index in [0.29, 0.717) is 19.5 Å². The fourth-order valence-corrected chi connectivity index (χ4v) is 2.70. The van der Waals surface area contributed by atoms with Crippen molar-refractivity contribution < 1.29 is 14.7 Å². The molecule has 1 aromatic rings. The highest BCUT2D eigenvalue weighted by molar-refractivity contribution is 9.10. The van der Waals surface area contributed by atoms with E-state index in [1.54, 1.807) is 4.90 Å². The van der Waals surface area contributed by atoms with Crippen molar-refractivity contribution in [1.29, 1.82) is 0 Å². The zero-order chi connectivity index (χ0) is 13.8. The molecule has 1 aromatic carbocycles. The van der Waals surface area contributed by atoms with Crippen molar-refractivity contribution in [3.8, 4) is 0 Å². The fraction of sp³-hybridized carbons (Fsp3) is 0.385. The number of nitrogens with one attached hydrogen (secondary N) is 1. The van der Waals surface area contributed by atoms with Gasteiger partial charge in [-0.2, -0.15) is 0 Å². The molecule has 6 heteroatoms. The summed E-state index contributed by atoms with van der Waals surface area (Å²) in [6, 6.07) is 7.58. The van der Waals surface area contributed by atoms with Crippen molar-refractivity contribution in [1.82, 2.24) is 10.2 Å². The van der Waals surface area contributed by atoms with Crippen LogP contribution in [0.2, 0.25) is 0 Å². The van der Waals surface area contributed by atoms with Gasteiger partial charge in [0.2, 0.25) is 0 Å². The van der Waals surface area contributed by atoms with Gasteiger partial charge in [0.05, 0.1) is 6.04 Å². The molecule has 0 aromatic heterocycles. The molecule has 2 rings (SSSR count). The van der Waals surface area contributed by atoms with Gasteiger partial charge in [-0.05, 0) is 18.1 Å². The Labute approximate surface area is 119 Å². The number of rotatable bonds is 5. The number of urea groups is 1. The van der Waals surface area contributed by atoms with Gasteiger partial charge in [0, 0.05) is 24.0 Å². The molecule has 1 atom stereocenters. The number of nitrogens with zero attached hydrogens (tertiary/aromatic N) is 1. The van der Waals surface area contributed by atoms with Crippen LogP contribution in [0.4, 0.5) is 4.79 Å². The number of hydrogen-bond donors (Lipinski definition) is 2.